The molecule has 0 spiro atoms. The zero-order valence-corrected chi connectivity index (χ0v) is 15.3. The van der Waals surface area contributed by atoms with Crippen LogP contribution in [0.5, 0.6) is 0 Å². The maximum Gasteiger partial charge on any atom is 0.240 e. The summed E-state index contributed by atoms with van der Waals surface area (Å²) in [5.74, 6) is -0.202. The summed E-state index contributed by atoms with van der Waals surface area (Å²) in [7, 11) is -3.60. The van der Waals surface area contributed by atoms with Crippen molar-refractivity contribution in [3.8, 4) is 0 Å². The molecule has 0 radical (unpaired) electrons. The molecule has 2 N–H and O–H groups in total. The average molecular weight is 379 g/mol. The fraction of sp³-hybridized carbons (Fsp3) is 0.278. The lowest BCUT2D eigenvalue weighted by atomic mass is 9.96. The van der Waals surface area contributed by atoms with Crippen LogP contribution < -0.4 is 10.0 Å². The largest absolute Gasteiger partial charge is 0.326 e. The third-order valence-electron chi connectivity index (χ3n) is 4.40. The highest BCUT2D eigenvalue weighted by Gasteiger charge is 2.44. The highest BCUT2D eigenvalue weighted by molar-refractivity contribution is 7.89. The number of amides is 1. The monoisotopic (exact) mass is 378 g/mol. The van der Waals surface area contributed by atoms with Gasteiger partial charge in [-0.05, 0) is 54.8 Å². The van der Waals surface area contributed by atoms with Crippen LogP contribution in [0.4, 0.5) is 5.69 Å². The number of benzene rings is 2. The maximum absolute atomic E-state index is 12.5. The summed E-state index contributed by atoms with van der Waals surface area (Å²) in [6, 6.07) is 13.7. The van der Waals surface area contributed by atoms with E-state index in [0.29, 0.717) is 17.3 Å². The van der Waals surface area contributed by atoms with E-state index in [1.165, 1.54) is 19.1 Å². The molecule has 0 heterocycles. The molecule has 1 aliphatic rings. The van der Waals surface area contributed by atoms with Gasteiger partial charge in [0.1, 0.15) is 0 Å². The first-order valence-electron chi connectivity index (χ1n) is 7.94. The summed E-state index contributed by atoms with van der Waals surface area (Å²) < 4.78 is 27.7. The Hall–Kier alpha value is -1.89. The highest BCUT2D eigenvalue weighted by atomic mass is 35.5. The number of rotatable bonds is 6. The Labute approximate surface area is 152 Å². The van der Waals surface area contributed by atoms with Crippen molar-refractivity contribution in [3.63, 3.8) is 0 Å². The number of anilines is 1. The first-order valence-corrected chi connectivity index (χ1v) is 9.80. The number of halogens is 1. The van der Waals surface area contributed by atoms with Crippen molar-refractivity contribution in [1.29, 1.82) is 0 Å². The van der Waals surface area contributed by atoms with Crippen LogP contribution in [0.25, 0.3) is 0 Å². The van der Waals surface area contributed by atoms with E-state index in [-0.39, 0.29) is 16.2 Å². The molecule has 25 heavy (non-hydrogen) atoms. The molecule has 5 nitrogen and oxygen atoms in total. The summed E-state index contributed by atoms with van der Waals surface area (Å²) in [6.45, 7) is 1.75. The van der Waals surface area contributed by atoms with Crippen molar-refractivity contribution in [2.24, 2.45) is 0 Å². The predicted octanol–water partition coefficient (Wildman–Crippen LogP) is 3.31. The van der Waals surface area contributed by atoms with Crippen molar-refractivity contribution in [2.75, 3.05) is 11.9 Å². The number of nitrogens with one attached hydrogen (secondary N) is 2. The van der Waals surface area contributed by atoms with Crippen LogP contribution in [-0.4, -0.2) is 20.9 Å². The summed E-state index contributed by atoms with van der Waals surface area (Å²) in [5.41, 5.74) is 1.51. The third kappa shape index (κ3) is 4.21. The Kier molecular flexibility index (Phi) is 4.86. The minimum Gasteiger partial charge on any atom is -0.326 e. The molecule has 132 valence electrons. The Balaban J connectivity index is 1.69. The Morgan fingerprint density at radius 3 is 2.20 bits per heavy atom. The summed E-state index contributed by atoms with van der Waals surface area (Å²) in [4.78, 5) is 11.2. The molecule has 0 aliphatic heterocycles. The van der Waals surface area contributed by atoms with E-state index >= 15 is 0 Å². The van der Waals surface area contributed by atoms with Crippen molar-refractivity contribution in [3.05, 3.63) is 59.1 Å². The second-order valence-electron chi connectivity index (χ2n) is 6.32. The summed E-state index contributed by atoms with van der Waals surface area (Å²) in [6.07, 6.45) is 1.89. The van der Waals surface area contributed by atoms with E-state index in [1.807, 2.05) is 24.3 Å². The standard InChI is InChI=1S/C18H19ClN2O3S/c1-13(22)21-16-6-8-17(9-7-16)25(23,24)20-12-18(10-11-18)14-2-4-15(19)5-3-14/h2-9,20H,10-12H2,1H3,(H,21,22). The van der Waals surface area contributed by atoms with Gasteiger partial charge in [-0.3, -0.25) is 4.79 Å². The molecule has 0 atom stereocenters. The summed E-state index contributed by atoms with van der Waals surface area (Å²) in [5, 5.41) is 3.28. The Morgan fingerprint density at radius 2 is 1.68 bits per heavy atom. The molecule has 7 heteroatoms. The Bertz CT molecular complexity index is 874. The number of hydrogen-bond donors (Lipinski definition) is 2. The van der Waals surface area contributed by atoms with Crippen LogP contribution in [-0.2, 0) is 20.2 Å². The van der Waals surface area contributed by atoms with E-state index in [9.17, 15) is 13.2 Å². The number of carbonyl (C=O) groups is 1. The first-order chi connectivity index (χ1) is 11.8. The van der Waals surface area contributed by atoms with Crippen molar-refractivity contribution >= 4 is 33.2 Å². The summed E-state index contributed by atoms with van der Waals surface area (Å²) >= 11 is 5.92. The smallest absolute Gasteiger partial charge is 0.240 e. The first kappa shape index (κ1) is 17.9. The van der Waals surface area contributed by atoms with Crippen LogP contribution in [0.3, 0.4) is 0 Å². The minimum atomic E-state index is -3.60. The van der Waals surface area contributed by atoms with Gasteiger partial charge in [0, 0.05) is 29.6 Å². The fourth-order valence-corrected chi connectivity index (χ4v) is 4.01. The molecule has 1 fully saturated rings. The van der Waals surface area contributed by atoms with Gasteiger partial charge in [0.15, 0.2) is 0 Å². The van der Waals surface area contributed by atoms with Gasteiger partial charge in [0.05, 0.1) is 4.90 Å². The van der Waals surface area contributed by atoms with Gasteiger partial charge in [-0.25, -0.2) is 13.1 Å². The topological polar surface area (TPSA) is 75.3 Å². The van der Waals surface area contributed by atoms with Crippen molar-refractivity contribution in [1.82, 2.24) is 4.72 Å². The van der Waals surface area contributed by atoms with Gasteiger partial charge < -0.3 is 5.32 Å². The molecule has 1 aliphatic carbocycles. The lowest BCUT2D eigenvalue weighted by Gasteiger charge is -2.17. The van der Waals surface area contributed by atoms with Crippen LogP contribution in [0, 0.1) is 0 Å². The fourth-order valence-electron chi connectivity index (χ4n) is 2.76. The maximum atomic E-state index is 12.5. The number of hydrogen-bond acceptors (Lipinski definition) is 3. The van der Waals surface area contributed by atoms with Crippen LogP contribution in [0.15, 0.2) is 53.4 Å². The molecule has 0 unspecified atom stereocenters. The number of sulfonamides is 1. The molecule has 2 aromatic rings. The second-order valence-corrected chi connectivity index (χ2v) is 8.52. The molecule has 2 aromatic carbocycles. The van der Waals surface area contributed by atoms with E-state index in [4.69, 9.17) is 11.6 Å². The van der Waals surface area contributed by atoms with Crippen molar-refractivity contribution in [2.45, 2.75) is 30.1 Å². The molecule has 0 saturated heterocycles. The lowest BCUT2D eigenvalue weighted by Crippen LogP contribution is -2.32. The minimum absolute atomic E-state index is 0.145. The van der Waals surface area contributed by atoms with Crippen LogP contribution in [0.2, 0.25) is 5.02 Å². The van der Waals surface area contributed by atoms with Gasteiger partial charge in [-0.1, -0.05) is 23.7 Å². The predicted molar refractivity (Wildman–Crippen MR) is 98.3 cm³/mol. The molecule has 3 rings (SSSR count). The van der Waals surface area contributed by atoms with Crippen LogP contribution >= 0.6 is 11.6 Å². The second kappa shape index (κ2) is 6.78. The molecular formula is C18H19ClN2O3S. The molecular weight excluding hydrogens is 360 g/mol. The number of carbonyl (C=O) groups excluding carboxylic acids is 1. The van der Waals surface area contributed by atoms with Gasteiger partial charge >= 0.3 is 0 Å². The van der Waals surface area contributed by atoms with E-state index in [0.717, 1.165) is 18.4 Å². The van der Waals surface area contributed by atoms with Gasteiger partial charge in [0.2, 0.25) is 15.9 Å². The Morgan fingerprint density at radius 1 is 1.08 bits per heavy atom. The molecule has 0 aromatic heterocycles. The van der Waals surface area contributed by atoms with Crippen LogP contribution in [0.1, 0.15) is 25.3 Å². The van der Waals surface area contributed by atoms with E-state index in [1.54, 1.807) is 12.1 Å². The van der Waals surface area contributed by atoms with Gasteiger partial charge in [0.25, 0.3) is 0 Å². The zero-order chi connectivity index (χ0) is 18.1. The van der Waals surface area contributed by atoms with E-state index < -0.39 is 10.0 Å². The molecule has 0 bridgehead atoms. The molecule has 1 amide bonds. The van der Waals surface area contributed by atoms with Crippen molar-refractivity contribution < 1.29 is 13.2 Å². The highest BCUT2D eigenvalue weighted by Crippen LogP contribution is 2.48. The zero-order valence-electron chi connectivity index (χ0n) is 13.8. The van der Waals surface area contributed by atoms with Gasteiger partial charge in [-0.15, -0.1) is 0 Å². The quantitative estimate of drug-likeness (QED) is 0.809. The lowest BCUT2D eigenvalue weighted by molar-refractivity contribution is -0.114. The third-order valence-corrected chi connectivity index (χ3v) is 6.06. The van der Waals surface area contributed by atoms with Gasteiger partial charge in [-0.2, -0.15) is 0 Å². The normalized spacial score (nSPS) is 15.6. The SMILES string of the molecule is CC(=O)Nc1ccc(S(=O)(=O)NCC2(c3ccc(Cl)cc3)CC2)cc1. The molecule has 1 saturated carbocycles. The average Bonchev–Trinajstić information content (AvgIpc) is 3.35. The van der Waals surface area contributed by atoms with E-state index in [2.05, 4.69) is 10.0 Å².